The van der Waals surface area contributed by atoms with E-state index in [4.69, 9.17) is 9.26 Å². The third-order valence-electron chi connectivity index (χ3n) is 5.90. The molecule has 7 heteroatoms. The second-order valence-electron chi connectivity index (χ2n) is 8.11. The third-order valence-corrected chi connectivity index (χ3v) is 5.90. The summed E-state index contributed by atoms with van der Waals surface area (Å²) < 4.78 is 10.7. The Kier molecular flexibility index (Phi) is 7.19. The highest BCUT2D eigenvalue weighted by Crippen LogP contribution is 2.30. The first-order chi connectivity index (χ1) is 15.7. The van der Waals surface area contributed by atoms with Crippen molar-refractivity contribution in [2.24, 2.45) is 0 Å². The highest BCUT2D eigenvalue weighted by molar-refractivity contribution is 5.93. The Labute approximate surface area is 188 Å². The summed E-state index contributed by atoms with van der Waals surface area (Å²) >= 11 is 0. The lowest BCUT2D eigenvalue weighted by Gasteiger charge is -2.40. The van der Waals surface area contributed by atoms with Crippen LogP contribution < -0.4 is 10.1 Å². The van der Waals surface area contributed by atoms with Crippen LogP contribution in [0.25, 0.3) is 11.3 Å². The Bertz CT molecular complexity index is 1020. The van der Waals surface area contributed by atoms with Crippen LogP contribution in [0.3, 0.4) is 0 Å². The number of aromatic nitrogens is 1. The average molecular weight is 435 g/mol. The Morgan fingerprint density at radius 3 is 2.75 bits per heavy atom. The summed E-state index contributed by atoms with van der Waals surface area (Å²) in [4.78, 5) is 17.4. The van der Waals surface area contributed by atoms with E-state index in [1.54, 1.807) is 13.2 Å². The van der Waals surface area contributed by atoms with Gasteiger partial charge < -0.3 is 19.5 Å². The highest BCUT2D eigenvalue weighted by Gasteiger charge is 2.26. The zero-order chi connectivity index (χ0) is 22.3. The number of nitrogens with one attached hydrogen (secondary N) is 1. The number of rotatable bonds is 8. The number of hydrogen-bond acceptors (Lipinski definition) is 6. The van der Waals surface area contributed by atoms with E-state index < -0.39 is 0 Å². The quantitative estimate of drug-likeness (QED) is 0.548. The molecule has 7 nitrogen and oxygen atoms in total. The molecule has 1 amide bonds. The van der Waals surface area contributed by atoms with Crippen molar-refractivity contribution in [1.29, 1.82) is 0 Å². The Hall–Kier alpha value is -3.16. The molecule has 0 bridgehead atoms. The number of likely N-dealkylation sites (N-methyl/N-ethyl adjacent to an activating group) is 1. The SMILES string of the molecule is COc1ccccc1-c1cc(C(=O)NCCCN2CCN(C)C[C@H]2c2ccccc2)no1. The van der Waals surface area contributed by atoms with Crippen LogP contribution in [0.2, 0.25) is 0 Å². The van der Waals surface area contributed by atoms with Gasteiger partial charge in [-0.2, -0.15) is 0 Å². The van der Waals surface area contributed by atoms with Gasteiger partial charge in [0, 0.05) is 44.8 Å². The molecule has 2 aromatic carbocycles. The molecule has 3 aromatic rings. The number of carbonyl (C=O) groups excluding carboxylic acids is 1. The minimum atomic E-state index is -0.229. The van der Waals surface area contributed by atoms with Crippen LogP contribution in [-0.2, 0) is 0 Å². The second-order valence-corrected chi connectivity index (χ2v) is 8.11. The van der Waals surface area contributed by atoms with Crippen molar-refractivity contribution in [3.05, 3.63) is 71.9 Å². The molecule has 0 radical (unpaired) electrons. The Balaban J connectivity index is 1.30. The summed E-state index contributed by atoms with van der Waals surface area (Å²) in [5.74, 6) is 0.958. The van der Waals surface area contributed by atoms with Gasteiger partial charge in [0.1, 0.15) is 5.75 Å². The van der Waals surface area contributed by atoms with E-state index in [9.17, 15) is 4.79 Å². The molecule has 0 saturated carbocycles. The summed E-state index contributed by atoms with van der Waals surface area (Å²) in [6.45, 7) is 4.61. The number of amides is 1. The van der Waals surface area contributed by atoms with Gasteiger partial charge in [-0.15, -0.1) is 0 Å². The van der Waals surface area contributed by atoms with Gasteiger partial charge in [0.25, 0.3) is 5.91 Å². The molecule has 4 rings (SSSR count). The summed E-state index contributed by atoms with van der Waals surface area (Å²) in [7, 11) is 3.77. The van der Waals surface area contributed by atoms with E-state index in [0.29, 0.717) is 24.1 Å². The van der Waals surface area contributed by atoms with E-state index in [0.717, 1.165) is 38.2 Å². The lowest BCUT2D eigenvalue weighted by atomic mass is 10.0. The van der Waals surface area contributed by atoms with E-state index in [1.165, 1.54) is 5.56 Å². The van der Waals surface area contributed by atoms with Crippen molar-refractivity contribution in [2.75, 3.05) is 46.9 Å². The first kappa shape index (κ1) is 22.0. The monoisotopic (exact) mass is 434 g/mol. The van der Waals surface area contributed by atoms with Gasteiger partial charge in [0.2, 0.25) is 0 Å². The predicted octanol–water partition coefficient (Wildman–Crippen LogP) is 3.46. The number of para-hydroxylation sites is 1. The molecule has 1 fully saturated rings. The lowest BCUT2D eigenvalue weighted by molar-refractivity contribution is 0.0863. The fourth-order valence-corrected chi connectivity index (χ4v) is 4.15. The normalized spacial score (nSPS) is 17.2. The number of nitrogens with zero attached hydrogens (tertiary/aromatic N) is 3. The molecule has 1 aliphatic rings. The van der Waals surface area contributed by atoms with Gasteiger partial charge >= 0.3 is 0 Å². The van der Waals surface area contributed by atoms with Crippen LogP contribution in [0.5, 0.6) is 5.75 Å². The van der Waals surface area contributed by atoms with Gasteiger partial charge in [0.15, 0.2) is 11.5 Å². The molecule has 168 valence electrons. The zero-order valence-electron chi connectivity index (χ0n) is 18.7. The number of piperazine rings is 1. The number of carbonyl (C=O) groups is 1. The summed E-state index contributed by atoms with van der Waals surface area (Å²) in [6, 6.07) is 20.2. The van der Waals surface area contributed by atoms with Crippen molar-refractivity contribution in [1.82, 2.24) is 20.3 Å². The van der Waals surface area contributed by atoms with Crippen LogP contribution in [0.1, 0.15) is 28.5 Å². The van der Waals surface area contributed by atoms with Crippen LogP contribution in [0.4, 0.5) is 0 Å². The molecular formula is C25H30N4O3. The van der Waals surface area contributed by atoms with Crippen molar-refractivity contribution < 1.29 is 14.1 Å². The fraction of sp³-hybridized carbons (Fsp3) is 0.360. The highest BCUT2D eigenvalue weighted by atomic mass is 16.5. The molecule has 0 unspecified atom stereocenters. The molecule has 1 aliphatic heterocycles. The zero-order valence-corrected chi connectivity index (χ0v) is 18.7. The van der Waals surface area contributed by atoms with Gasteiger partial charge in [-0.1, -0.05) is 47.6 Å². The maximum Gasteiger partial charge on any atom is 0.273 e. The van der Waals surface area contributed by atoms with Crippen molar-refractivity contribution in [3.63, 3.8) is 0 Å². The van der Waals surface area contributed by atoms with Crippen molar-refractivity contribution in [2.45, 2.75) is 12.5 Å². The first-order valence-corrected chi connectivity index (χ1v) is 11.0. The van der Waals surface area contributed by atoms with Crippen molar-refractivity contribution in [3.8, 4) is 17.1 Å². The number of benzene rings is 2. The van der Waals surface area contributed by atoms with E-state index >= 15 is 0 Å². The van der Waals surface area contributed by atoms with Crippen LogP contribution in [-0.4, -0.2) is 67.7 Å². The van der Waals surface area contributed by atoms with Gasteiger partial charge in [-0.25, -0.2) is 0 Å². The summed E-state index contributed by atoms with van der Waals surface area (Å²) in [5.41, 5.74) is 2.38. The number of hydrogen-bond donors (Lipinski definition) is 1. The largest absolute Gasteiger partial charge is 0.496 e. The number of methoxy groups -OCH3 is 1. The van der Waals surface area contributed by atoms with Crippen LogP contribution >= 0.6 is 0 Å². The van der Waals surface area contributed by atoms with Crippen LogP contribution in [0.15, 0.2) is 65.2 Å². The third kappa shape index (κ3) is 5.18. The Morgan fingerprint density at radius 2 is 1.94 bits per heavy atom. The summed E-state index contributed by atoms with van der Waals surface area (Å²) in [5, 5.41) is 6.90. The molecule has 2 heterocycles. The van der Waals surface area contributed by atoms with Crippen molar-refractivity contribution >= 4 is 5.91 Å². The van der Waals surface area contributed by atoms with Gasteiger partial charge in [-0.3, -0.25) is 9.69 Å². The molecule has 0 aliphatic carbocycles. The predicted molar refractivity (Wildman–Crippen MR) is 124 cm³/mol. The molecule has 1 aromatic heterocycles. The van der Waals surface area contributed by atoms with Gasteiger partial charge in [-0.05, 0) is 31.2 Å². The van der Waals surface area contributed by atoms with E-state index in [1.807, 2.05) is 24.3 Å². The minimum absolute atomic E-state index is 0.229. The standard InChI is InChI=1S/C25H30N4O3/c1-28-15-16-29(22(18-28)19-9-4-3-5-10-19)14-8-13-26-25(30)21-17-24(32-27-21)20-11-6-7-12-23(20)31-2/h3-7,9-12,17,22H,8,13-16,18H2,1-2H3,(H,26,30)/t22-/m0/s1. The first-order valence-electron chi connectivity index (χ1n) is 11.0. The Morgan fingerprint density at radius 1 is 1.16 bits per heavy atom. The summed E-state index contributed by atoms with van der Waals surface area (Å²) in [6.07, 6.45) is 0.871. The fourth-order valence-electron chi connectivity index (χ4n) is 4.15. The maximum atomic E-state index is 12.5. The lowest BCUT2D eigenvalue weighted by Crippen LogP contribution is -2.47. The van der Waals surface area contributed by atoms with E-state index in [2.05, 4.69) is 57.7 Å². The maximum absolute atomic E-state index is 12.5. The molecular weight excluding hydrogens is 404 g/mol. The second kappa shape index (κ2) is 10.4. The molecule has 1 atom stereocenters. The number of ether oxygens (including phenoxy) is 1. The van der Waals surface area contributed by atoms with Crippen LogP contribution in [0, 0.1) is 0 Å². The average Bonchev–Trinajstić information content (AvgIpc) is 3.33. The smallest absolute Gasteiger partial charge is 0.273 e. The van der Waals surface area contributed by atoms with E-state index in [-0.39, 0.29) is 11.6 Å². The topological polar surface area (TPSA) is 70.8 Å². The molecule has 32 heavy (non-hydrogen) atoms. The van der Waals surface area contributed by atoms with Gasteiger partial charge in [0.05, 0.1) is 12.7 Å². The molecule has 0 spiro atoms. The minimum Gasteiger partial charge on any atom is -0.496 e. The molecule has 1 N–H and O–H groups in total. The molecule has 1 saturated heterocycles.